The van der Waals surface area contributed by atoms with Crippen LogP contribution in [0, 0.1) is 22.6 Å². The normalized spacial score (nSPS) is 15.3. The van der Waals surface area contributed by atoms with Crippen LogP contribution in [0.1, 0.15) is 12.5 Å². The van der Waals surface area contributed by atoms with E-state index in [2.05, 4.69) is 5.32 Å². The lowest BCUT2D eigenvalue weighted by Crippen LogP contribution is -2.64. The van der Waals surface area contributed by atoms with Gasteiger partial charge in [0.1, 0.15) is 22.5 Å². The monoisotopic (exact) mass is 529 g/mol. The maximum atomic E-state index is 13.9. The van der Waals surface area contributed by atoms with E-state index >= 15 is 0 Å². The zero-order valence-corrected chi connectivity index (χ0v) is 20.5. The van der Waals surface area contributed by atoms with Crippen molar-refractivity contribution in [2.45, 2.75) is 11.8 Å². The van der Waals surface area contributed by atoms with Crippen molar-refractivity contribution in [3.8, 4) is 11.8 Å². The summed E-state index contributed by atoms with van der Waals surface area (Å²) in [6.07, 6.45) is 0. The Morgan fingerprint density at radius 1 is 1.26 bits per heavy atom. The van der Waals surface area contributed by atoms with Gasteiger partial charge in [0, 0.05) is 36.1 Å². The van der Waals surface area contributed by atoms with Crippen LogP contribution < -0.4 is 10.1 Å². The van der Waals surface area contributed by atoms with Crippen molar-refractivity contribution in [1.29, 1.82) is 5.26 Å². The number of carbonyl (C=O) groups is 1. The fourth-order valence-electron chi connectivity index (χ4n) is 3.50. The van der Waals surface area contributed by atoms with Crippen molar-refractivity contribution in [1.82, 2.24) is 9.62 Å². The fraction of sp³-hybridized carbons (Fsp3) is 0.364. The first kappa shape index (κ1) is 26.2. The minimum Gasteiger partial charge on any atom is -0.493 e. The van der Waals surface area contributed by atoms with Crippen molar-refractivity contribution in [3.63, 3.8) is 0 Å². The third-order valence-corrected chi connectivity index (χ3v) is 7.73. The molecule has 12 heteroatoms. The Morgan fingerprint density at radius 3 is 2.62 bits per heavy atom. The molecule has 0 bridgehead atoms. The molecule has 3 rings (SSSR count). The summed E-state index contributed by atoms with van der Waals surface area (Å²) in [5.74, 6) is -0.961. The van der Waals surface area contributed by atoms with Gasteiger partial charge in [-0.1, -0.05) is 23.2 Å². The number of halogens is 3. The minimum absolute atomic E-state index is 0.00902. The van der Waals surface area contributed by atoms with Crippen molar-refractivity contribution in [3.05, 3.63) is 57.8 Å². The number of carbonyl (C=O) groups excluding carboxylic acids is 1. The highest BCUT2D eigenvalue weighted by atomic mass is 35.5. The predicted molar refractivity (Wildman–Crippen MR) is 124 cm³/mol. The van der Waals surface area contributed by atoms with E-state index in [0.29, 0.717) is 5.02 Å². The van der Waals surface area contributed by atoms with E-state index in [1.54, 1.807) is 13.0 Å². The molecule has 2 aromatic rings. The van der Waals surface area contributed by atoms with E-state index in [1.807, 2.05) is 0 Å². The van der Waals surface area contributed by atoms with Gasteiger partial charge in [0.05, 0.1) is 30.3 Å². The first-order chi connectivity index (χ1) is 16.1. The third kappa shape index (κ3) is 5.98. The highest BCUT2D eigenvalue weighted by Gasteiger charge is 2.49. The van der Waals surface area contributed by atoms with Gasteiger partial charge in [0.25, 0.3) is 0 Å². The van der Waals surface area contributed by atoms with Gasteiger partial charge < -0.3 is 14.8 Å². The Labute approximate surface area is 207 Å². The molecule has 0 radical (unpaired) electrons. The van der Waals surface area contributed by atoms with Gasteiger partial charge in [-0.3, -0.25) is 4.79 Å². The zero-order valence-electron chi connectivity index (χ0n) is 18.2. The number of nitrogens with zero attached hydrogens (tertiary/aromatic N) is 2. The molecule has 1 heterocycles. The summed E-state index contributed by atoms with van der Waals surface area (Å²) in [5, 5.41) is 12.2. The molecule has 34 heavy (non-hydrogen) atoms. The number of hydrogen-bond donors (Lipinski definition) is 1. The third-order valence-electron chi connectivity index (χ3n) is 5.22. The molecule has 0 atom stereocenters. The van der Waals surface area contributed by atoms with Gasteiger partial charge in [0.2, 0.25) is 10.0 Å². The summed E-state index contributed by atoms with van der Waals surface area (Å²) in [6, 6.07) is 9.73. The number of esters is 1. The fourth-order valence-corrected chi connectivity index (χ4v) is 5.92. The number of nitrogens with one attached hydrogen (secondary N) is 1. The number of sulfonamides is 1. The number of hydrogen-bond acceptors (Lipinski definition) is 7. The highest BCUT2D eigenvalue weighted by Crippen LogP contribution is 2.37. The first-order valence-electron chi connectivity index (χ1n) is 10.2. The summed E-state index contributed by atoms with van der Waals surface area (Å²) in [7, 11) is -3.90. The van der Waals surface area contributed by atoms with Crippen LogP contribution in [0.4, 0.5) is 4.39 Å². The zero-order chi connectivity index (χ0) is 24.9. The molecule has 1 saturated heterocycles. The molecule has 1 aliphatic heterocycles. The van der Waals surface area contributed by atoms with E-state index in [-0.39, 0.29) is 60.6 Å². The Kier molecular flexibility index (Phi) is 8.38. The number of benzene rings is 2. The van der Waals surface area contributed by atoms with Crippen LogP contribution in [0.2, 0.25) is 10.0 Å². The predicted octanol–water partition coefficient (Wildman–Crippen LogP) is 3.23. The first-order valence-corrected chi connectivity index (χ1v) is 12.4. The van der Waals surface area contributed by atoms with Gasteiger partial charge in [-0.2, -0.15) is 9.57 Å². The Morgan fingerprint density at radius 2 is 2.00 bits per heavy atom. The minimum atomic E-state index is -3.90. The summed E-state index contributed by atoms with van der Waals surface area (Å²) in [5.41, 5.74) is -0.818. The molecule has 1 aliphatic rings. The second-order valence-electron chi connectivity index (χ2n) is 7.80. The molecule has 1 N–H and O–H groups in total. The van der Waals surface area contributed by atoms with Crippen molar-refractivity contribution in [2.24, 2.45) is 5.41 Å². The maximum absolute atomic E-state index is 13.9. The van der Waals surface area contributed by atoms with E-state index < -0.39 is 27.2 Å². The summed E-state index contributed by atoms with van der Waals surface area (Å²) >= 11 is 12.0. The molecule has 0 aliphatic carbocycles. The van der Waals surface area contributed by atoms with Gasteiger partial charge in [-0.25, -0.2) is 12.8 Å². The van der Waals surface area contributed by atoms with Crippen molar-refractivity contribution < 1.29 is 27.1 Å². The van der Waals surface area contributed by atoms with Gasteiger partial charge in [-0.05, 0) is 37.3 Å². The second kappa shape index (κ2) is 10.9. The molecular formula is C22H22Cl2FN3O5S. The SMILES string of the molecule is CCOC(=O)CNCC1(COc2ccc(C#N)c(F)c2)CN(S(=O)(=O)c2ccc(Cl)cc2Cl)C1. The quantitative estimate of drug-likeness (QED) is 0.470. The van der Waals surface area contributed by atoms with Crippen molar-refractivity contribution in [2.75, 3.05) is 39.4 Å². The summed E-state index contributed by atoms with van der Waals surface area (Å²) in [4.78, 5) is 11.6. The standard InChI is InChI=1S/C22H22Cl2FN3O5S/c1-2-32-21(29)10-27-11-22(14-33-17-5-3-15(9-26)19(25)8-17)12-28(13-22)34(30,31)20-6-4-16(23)7-18(20)24/h3-8,27H,2,10-14H2,1H3. The molecule has 0 unspecified atom stereocenters. The lowest BCUT2D eigenvalue weighted by molar-refractivity contribution is -0.142. The smallest absolute Gasteiger partial charge is 0.319 e. The molecule has 0 amide bonds. The molecule has 182 valence electrons. The average Bonchev–Trinajstić information content (AvgIpc) is 2.74. The Balaban J connectivity index is 1.74. The van der Waals surface area contributed by atoms with Crippen molar-refractivity contribution >= 4 is 39.2 Å². The molecular weight excluding hydrogens is 508 g/mol. The number of rotatable bonds is 10. The summed E-state index contributed by atoms with van der Waals surface area (Å²) in [6.45, 7) is 2.30. The van der Waals surface area contributed by atoms with E-state index in [4.69, 9.17) is 37.9 Å². The molecule has 8 nitrogen and oxygen atoms in total. The second-order valence-corrected chi connectivity index (χ2v) is 10.5. The molecule has 2 aromatic carbocycles. The lowest BCUT2D eigenvalue weighted by Gasteiger charge is -2.48. The van der Waals surface area contributed by atoms with Crippen LogP contribution in [0.5, 0.6) is 5.75 Å². The van der Waals surface area contributed by atoms with Crippen LogP contribution >= 0.6 is 23.2 Å². The molecule has 0 saturated carbocycles. The molecule has 1 fully saturated rings. The average molecular weight is 530 g/mol. The van der Waals surface area contributed by atoms with Crippen LogP contribution in [0.25, 0.3) is 0 Å². The van der Waals surface area contributed by atoms with Gasteiger partial charge >= 0.3 is 5.97 Å². The number of nitriles is 1. The lowest BCUT2D eigenvalue weighted by atomic mass is 9.82. The van der Waals surface area contributed by atoms with Gasteiger partial charge in [0.15, 0.2) is 0 Å². The van der Waals surface area contributed by atoms with Crippen LogP contribution in [-0.2, 0) is 19.6 Å². The Bertz CT molecular complexity index is 1210. The van der Waals surface area contributed by atoms with E-state index in [0.717, 1.165) is 6.07 Å². The molecule has 0 aromatic heterocycles. The van der Waals surface area contributed by atoms with E-state index in [9.17, 15) is 17.6 Å². The molecule has 0 spiro atoms. The topological polar surface area (TPSA) is 109 Å². The van der Waals surface area contributed by atoms with Crippen LogP contribution in [0.3, 0.4) is 0 Å². The summed E-state index contributed by atoms with van der Waals surface area (Å²) < 4.78 is 52.0. The Hall–Kier alpha value is -2.42. The van der Waals surface area contributed by atoms with Crippen LogP contribution in [0.15, 0.2) is 41.3 Å². The number of ether oxygens (including phenoxy) is 2. The van der Waals surface area contributed by atoms with E-state index in [1.165, 1.54) is 34.6 Å². The largest absolute Gasteiger partial charge is 0.493 e. The van der Waals surface area contributed by atoms with Crippen LogP contribution in [-0.4, -0.2) is 58.1 Å². The maximum Gasteiger partial charge on any atom is 0.319 e. The highest BCUT2D eigenvalue weighted by molar-refractivity contribution is 7.89. The van der Waals surface area contributed by atoms with Gasteiger partial charge in [-0.15, -0.1) is 0 Å².